The van der Waals surface area contributed by atoms with E-state index in [4.69, 9.17) is 14.4 Å². The van der Waals surface area contributed by atoms with Gasteiger partial charge in [0.2, 0.25) is 0 Å². The first-order chi connectivity index (χ1) is 25.8. The second-order valence-corrected chi connectivity index (χ2v) is 13.7. The van der Waals surface area contributed by atoms with Gasteiger partial charge in [0.25, 0.3) is 0 Å². The Bertz CT molecular complexity index is 3300. The average molecular weight is 662 g/mol. The fourth-order valence-corrected chi connectivity index (χ4v) is 8.71. The molecule has 0 saturated heterocycles. The Hall–Kier alpha value is -7.04. The van der Waals surface area contributed by atoms with Gasteiger partial charge in [-0.3, -0.25) is 4.57 Å². The highest BCUT2D eigenvalue weighted by Gasteiger charge is 2.28. The topological polar surface area (TPSA) is 43.9 Å². The van der Waals surface area contributed by atoms with Crippen LogP contribution in [0.3, 0.4) is 0 Å². The highest BCUT2D eigenvalue weighted by molar-refractivity contribution is 6.32. The third-order valence-corrected chi connectivity index (χ3v) is 10.9. The average Bonchev–Trinajstić information content (AvgIpc) is 3.71. The van der Waals surface area contributed by atoms with E-state index in [1.165, 1.54) is 54.9 Å². The van der Waals surface area contributed by atoms with Gasteiger partial charge < -0.3 is 4.42 Å². The summed E-state index contributed by atoms with van der Waals surface area (Å²) in [6.07, 6.45) is 0. The number of fused-ring (bicyclic) bond motifs is 7. The van der Waals surface area contributed by atoms with Crippen LogP contribution in [0.5, 0.6) is 0 Å². The number of nitrogens with zero attached hydrogens (tertiary/aromatic N) is 3. The maximum atomic E-state index is 6.25. The van der Waals surface area contributed by atoms with Gasteiger partial charge in [0.15, 0.2) is 5.82 Å². The van der Waals surface area contributed by atoms with Crippen molar-refractivity contribution >= 4 is 65.6 Å². The number of para-hydroxylation sites is 3. The minimum atomic E-state index is 0.799. The van der Waals surface area contributed by atoms with Crippen LogP contribution in [-0.2, 0) is 0 Å². The SMILES string of the molecule is c1ccc(-c2cc3c4c5c(cccc25)-c2ccccc2-c2cccc(c24)n3-c2nc3ccccc3nc2-c2ccc3oc4ccccc4c3c2)cc1. The summed E-state index contributed by atoms with van der Waals surface area (Å²) in [5.41, 5.74) is 14.8. The molecule has 0 unspecified atom stereocenters. The van der Waals surface area contributed by atoms with Crippen molar-refractivity contribution in [3.05, 3.63) is 164 Å². The van der Waals surface area contributed by atoms with Crippen molar-refractivity contribution in [2.45, 2.75) is 0 Å². The molecule has 1 aliphatic rings. The molecule has 3 aromatic heterocycles. The van der Waals surface area contributed by atoms with Crippen LogP contribution in [0.15, 0.2) is 168 Å². The number of hydrogen-bond donors (Lipinski definition) is 0. The van der Waals surface area contributed by atoms with E-state index < -0.39 is 0 Å². The summed E-state index contributed by atoms with van der Waals surface area (Å²) in [6.45, 7) is 0. The van der Waals surface area contributed by atoms with Crippen molar-refractivity contribution in [1.29, 1.82) is 0 Å². The molecule has 0 bridgehead atoms. The first kappa shape index (κ1) is 27.7. The molecule has 12 rings (SSSR count). The summed E-state index contributed by atoms with van der Waals surface area (Å²) in [4.78, 5) is 10.9. The molecular weight excluding hydrogens is 635 g/mol. The zero-order valence-corrected chi connectivity index (χ0v) is 27.8. The van der Waals surface area contributed by atoms with E-state index in [1.54, 1.807) is 0 Å². The molecule has 0 N–H and O–H groups in total. The Morgan fingerprint density at radius 3 is 1.88 bits per heavy atom. The number of aromatic nitrogens is 3. The fourth-order valence-electron chi connectivity index (χ4n) is 8.71. The van der Waals surface area contributed by atoms with E-state index in [0.717, 1.165) is 61.1 Å². The van der Waals surface area contributed by atoms with Gasteiger partial charge in [-0.05, 0) is 87.3 Å². The fraction of sp³-hybridized carbons (Fsp3) is 0. The molecule has 8 aromatic carbocycles. The Balaban J connectivity index is 1.28. The Morgan fingerprint density at radius 2 is 1.04 bits per heavy atom. The second kappa shape index (κ2) is 10.3. The normalized spacial score (nSPS) is 12.2. The third kappa shape index (κ3) is 3.70. The number of furan rings is 1. The summed E-state index contributed by atoms with van der Waals surface area (Å²) in [6, 6.07) is 58.3. The van der Waals surface area contributed by atoms with Gasteiger partial charge in [0, 0.05) is 32.5 Å². The summed E-state index contributed by atoms with van der Waals surface area (Å²) in [7, 11) is 0. The first-order valence-electron chi connectivity index (χ1n) is 17.7. The van der Waals surface area contributed by atoms with Crippen LogP contribution in [0.1, 0.15) is 0 Å². The molecule has 0 saturated carbocycles. The first-order valence-corrected chi connectivity index (χ1v) is 17.7. The summed E-state index contributed by atoms with van der Waals surface area (Å²) >= 11 is 0. The lowest BCUT2D eigenvalue weighted by Gasteiger charge is -2.17. The Morgan fingerprint density at radius 1 is 0.385 bits per heavy atom. The summed E-state index contributed by atoms with van der Waals surface area (Å²) < 4.78 is 8.62. The standard InChI is InChI=1S/C48H27N3O/c1-2-12-28(13-3-1)36-27-41-46-44-33(17-10-18-35(36)44)30-14-4-5-15-31(30)34-19-11-22-40(45(34)46)51(41)48-47(49-38-20-7-8-21-39(38)50-48)29-24-25-43-37(26-29)32-16-6-9-23-42(32)52-43/h1-27H. The molecule has 240 valence electrons. The molecule has 0 amide bonds. The van der Waals surface area contributed by atoms with Gasteiger partial charge >= 0.3 is 0 Å². The van der Waals surface area contributed by atoms with Gasteiger partial charge in [-0.2, -0.15) is 0 Å². The smallest absolute Gasteiger partial charge is 0.165 e. The van der Waals surface area contributed by atoms with Crippen molar-refractivity contribution in [3.63, 3.8) is 0 Å². The van der Waals surface area contributed by atoms with Crippen molar-refractivity contribution in [2.75, 3.05) is 0 Å². The molecule has 4 heteroatoms. The number of hydrogen-bond acceptors (Lipinski definition) is 3. The van der Waals surface area contributed by atoms with E-state index in [2.05, 4.69) is 138 Å². The van der Waals surface area contributed by atoms with Gasteiger partial charge in [-0.15, -0.1) is 0 Å². The lowest BCUT2D eigenvalue weighted by Crippen LogP contribution is -2.04. The predicted octanol–water partition coefficient (Wildman–Crippen LogP) is 12.8. The molecule has 11 aromatic rings. The molecule has 52 heavy (non-hydrogen) atoms. The lowest BCUT2D eigenvalue weighted by atomic mass is 9.90. The third-order valence-electron chi connectivity index (χ3n) is 10.9. The van der Waals surface area contributed by atoms with Crippen LogP contribution in [0.2, 0.25) is 0 Å². The molecule has 1 aliphatic carbocycles. The zero-order valence-electron chi connectivity index (χ0n) is 27.8. The van der Waals surface area contributed by atoms with Gasteiger partial charge in [-0.1, -0.05) is 115 Å². The van der Waals surface area contributed by atoms with Crippen LogP contribution < -0.4 is 0 Å². The maximum Gasteiger partial charge on any atom is 0.165 e. The quantitative estimate of drug-likeness (QED) is 0.189. The van der Waals surface area contributed by atoms with E-state index in [-0.39, 0.29) is 0 Å². The van der Waals surface area contributed by atoms with Gasteiger partial charge in [0.1, 0.15) is 16.9 Å². The molecule has 0 spiro atoms. The van der Waals surface area contributed by atoms with Crippen LogP contribution in [0, 0.1) is 0 Å². The number of benzene rings is 8. The monoisotopic (exact) mass is 661 g/mol. The molecule has 3 heterocycles. The summed E-state index contributed by atoms with van der Waals surface area (Å²) in [5, 5.41) is 7.13. The minimum Gasteiger partial charge on any atom is -0.456 e. The molecule has 0 atom stereocenters. The van der Waals surface area contributed by atoms with E-state index in [0.29, 0.717) is 0 Å². The Kier molecular flexibility index (Phi) is 5.47. The minimum absolute atomic E-state index is 0.799. The van der Waals surface area contributed by atoms with Crippen molar-refractivity contribution < 1.29 is 4.42 Å². The van der Waals surface area contributed by atoms with E-state index >= 15 is 0 Å². The molecule has 0 fully saturated rings. The maximum absolute atomic E-state index is 6.25. The second-order valence-electron chi connectivity index (χ2n) is 13.7. The molecule has 0 aliphatic heterocycles. The Labute approximate surface area is 297 Å². The van der Waals surface area contributed by atoms with E-state index in [1.807, 2.05) is 30.3 Å². The molecular formula is C48H27N3O. The highest BCUT2D eigenvalue weighted by Crippen LogP contribution is 2.52. The predicted molar refractivity (Wildman–Crippen MR) is 214 cm³/mol. The lowest BCUT2D eigenvalue weighted by molar-refractivity contribution is 0.669. The number of rotatable bonds is 3. The molecule has 4 nitrogen and oxygen atoms in total. The van der Waals surface area contributed by atoms with Crippen molar-refractivity contribution in [1.82, 2.24) is 14.5 Å². The van der Waals surface area contributed by atoms with Crippen LogP contribution in [-0.4, -0.2) is 14.5 Å². The largest absolute Gasteiger partial charge is 0.456 e. The van der Waals surface area contributed by atoms with Gasteiger partial charge in [-0.25, -0.2) is 9.97 Å². The molecule has 0 radical (unpaired) electrons. The summed E-state index contributed by atoms with van der Waals surface area (Å²) in [5.74, 6) is 0.799. The zero-order chi connectivity index (χ0) is 33.9. The van der Waals surface area contributed by atoms with E-state index in [9.17, 15) is 0 Å². The van der Waals surface area contributed by atoms with Crippen LogP contribution >= 0.6 is 0 Å². The van der Waals surface area contributed by atoms with Crippen LogP contribution in [0.4, 0.5) is 0 Å². The van der Waals surface area contributed by atoms with Crippen molar-refractivity contribution in [3.8, 4) is 50.5 Å². The van der Waals surface area contributed by atoms with Gasteiger partial charge in [0.05, 0.1) is 22.1 Å². The highest BCUT2D eigenvalue weighted by atomic mass is 16.3. The van der Waals surface area contributed by atoms with Crippen molar-refractivity contribution in [2.24, 2.45) is 0 Å². The van der Waals surface area contributed by atoms with Crippen LogP contribution in [0.25, 0.3) is 116 Å².